The van der Waals surface area contributed by atoms with Gasteiger partial charge in [-0.1, -0.05) is 0 Å². The number of hydrogen-bond donors (Lipinski definition) is 1. The van der Waals surface area contributed by atoms with Gasteiger partial charge in [-0.2, -0.15) is 4.31 Å². The minimum Gasteiger partial charge on any atom is -0.493 e. The highest BCUT2D eigenvalue weighted by molar-refractivity contribution is 7.89. The van der Waals surface area contributed by atoms with Gasteiger partial charge in [-0.3, -0.25) is 9.59 Å². The molecule has 9 nitrogen and oxygen atoms in total. The lowest BCUT2D eigenvalue weighted by atomic mass is 10.1. The van der Waals surface area contributed by atoms with E-state index in [-0.39, 0.29) is 37.0 Å². The Morgan fingerprint density at radius 1 is 1.21 bits per heavy atom. The maximum Gasteiger partial charge on any atom is 0.220 e. The quantitative estimate of drug-likeness (QED) is 0.411. The number of nitrogens with one attached hydrogen (secondary N) is 1. The topological polar surface area (TPSA) is 111 Å². The third kappa shape index (κ3) is 7.30. The zero-order valence-electron chi connectivity index (χ0n) is 16.8. The van der Waals surface area contributed by atoms with Gasteiger partial charge in [0.05, 0.1) is 32.7 Å². The molecule has 1 aliphatic heterocycles. The molecule has 0 aromatic heterocycles. The number of ether oxygens (including phenoxy) is 3. The van der Waals surface area contributed by atoms with Gasteiger partial charge in [-0.25, -0.2) is 8.42 Å². The van der Waals surface area contributed by atoms with Gasteiger partial charge in [0.25, 0.3) is 0 Å². The number of methoxy groups -OCH3 is 1. The van der Waals surface area contributed by atoms with Crippen molar-refractivity contribution >= 4 is 21.7 Å². The molecule has 10 heteroatoms. The zero-order chi connectivity index (χ0) is 21.3. The van der Waals surface area contributed by atoms with Crippen LogP contribution in [-0.4, -0.2) is 76.7 Å². The van der Waals surface area contributed by atoms with Gasteiger partial charge < -0.3 is 19.5 Å². The molecule has 0 bridgehead atoms. The van der Waals surface area contributed by atoms with Crippen molar-refractivity contribution in [1.29, 1.82) is 0 Å². The molecule has 0 aliphatic carbocycles. The molecule has 1 aromatic rings. The summed E-state index contributed by atoms with van der Waals surface area (Å²) in [5, 5.41) is 2.63. The van der Waals surface area contributed by atoms with Gasteiger partial charge in [0.15, 0.2) is 17.3 Å². The Balaban J connectivity index is 1.68. The molecule has 0 spiro atoms. The van der Waals surface area contributed by atoms with E-state index in [4.69, 9.17) is 14.2 Å². The van der Waals surface area contributed by atoms with Crippen LogP contribution in [0.15, 0.2) is 18.2 Å². The third-order valence-corrected chi connectivity index (χ3v) is 6.29. The molecular formula is C19H28N2O7S. The summed E-state index contributed by atoms with van der Waals surface area (Å²) in [6.45, 7) is 3.33. The second-order valence-electron chi connectivity index (χ2n) is 6.55. The second kappa shape index (κ2) is 11.1. The number of carbonyl (C=O) groups excluding carboxylic acids is 2. The maximum absolute atomic E-state index is 12.2. The van der Waals surface area contributed by atoms with E-state index in [1.54, 1.807) is 18.2 Å². The highest BCUT2D eigenvalue weighted by atomic mass is 32.2. The monoisotopic (exact) mass is 428 g/mol. The third-order valence-electron chi connectivity index (χ3n) is 4.42. The molecule has 2 rings (SSSR count). The van der Waals surface area contributed by atoms with Crippen molar-refractivity contribution < 1.29 is 32.2 Å². The first-order valence-corrected chi connectivity index (χ1v) is 11.1. The number of sulfonamides is 1. The molecule has 1 aliphatic rings. The number of carbonyl (C=O) groups is 2. The molecule has 1 aromatic carbocycles. The summed E-state index contributed by atoms with van der Waals surface area (Å²) in [5.74, 6) is 0.520. The number of rotatable bonds is 11. The van der Waals surface area contributed by atoms with Crippen LogP contribution < -0.4 is 14.8 Å². The second-order valence-corrected chi connectivity index (χ2v) is 8.64. The average molecular weight is 429 g/mol. The Morgan fingerprint density at radius 3 is 2.59 bits per heavy atom. The van der Waals surface area contributed by atoms with Crippen molar-refractivity contribution in [1.82, 2.24) is 9.62 Å². The van der Waals surface area contributed by atoms with Crippen LogP contribution >= 0.6 is 0 Å². The average Bonchev–Trinajstić information content (AvgIpc) is 2.71. The molecule has 0 unspecified atom stereocenters. The van der Waals surface area contributed by atoms with Gasteiger partial charge in [-0.05, 0) is 31.5 Å². The molecule has 1 heterocycles. The van der Waals surface area contributed by atoms with Crippen LogP contribution in [-0.2, 0) is 19.6 Å². The molecule has 1 fully saturated rings. The molecule has 0 atom stereocenters. The predicted octanol–water partition coefficient (Wildman–Crippen LogP) is 0.835. The lowest BCUT2D eigenvalue weighted by molar-refractivity contribution is -0.121. The van der Waals surface area contributed by atoms with E-state index in [1.165, 1.54) is 18.3 Å². The molecule has 0 saturated carbocycles. The van der Waals surface area contributed by atoms with Crippen molar-refractivity contribution in [3.8, 4) is 11.5 Å². The van der Waals surface area contributed by atoms with Crippen molar-refractivity contribution in [2.75, 3.05) is 52.3 Å². The zero-order valence-corrected chi connectivity index (χ0v) is 17.6. The number of morpholine rings is 1. The fraction of sp³-hybridized carbons (Fsp3) is 0.579. The first kappa shape index (κ1) is 23.1. The first-order chi connectivity index (χ1) is 13.8. The molecule has 1 amide bonds. The summed E-state index contributed by atoms with van der Waals surface area (Å²) >= 11 is 0. The Labute approximate surface area is 171 Å². The summed E-state index contributed by atoms with van der Waals surface area (Å²) in [6, 6.07) is 4.92. The smallest absolute Gasteiger partial charge is 0.220 e. The summed E-state index contributed by atoms with van der Waals surface area (Å²) in [5.41, 5.74) is 0.528. The number of nitrogens with zero attached hydrogens (tertiary/aromatic N) is 1. The van der Waals surface area contributed by atoms with E-state index in [0.717, 1.165) is 0 Å². The van der Waals surface area contributed by atoms with Crippen LogP contribution in [0.3, 0.4) is 0 Å². The van der Waals surface area contributed by atoms with Crippen LogP contribution in [0.2, 0.25) is 0 Å². The summed E-state index contributed by atoms with van der Waals surface area (Å²) in [7, 11) is -1.89. The van der Waals surface area contributed by atoms with E-state index in [9.17, 15) is 18.0 Å². The van der Waals surface area contributed by atoms with E-state index < -0.39 is 10.0 Å². The number of benzene rings is 1. The fourth-order valence-electron chi connectivity index (χ4n) is 2.78. The van der Waals surface area contributed by atoms with Crippen LogP contribution in [0.25, 0.3) is 0 Å². The van der Waals surface area contributed by atoms with Gasteiger partial charge >= 0.3 is 0 Å². The number of ketones is 1. The van der Waals surface area contributed by atoms with Crippen molar-refractivity contribution in [2.24, 2.45) is 0 Å². The highest BCUT2D eigenvalue weighted by Crippen LogP contribution is 2.28. The summed E-state index contributed by atoms with van der Waals surface area (Å²) < 4.78 is 41.7. The van der Waals surface area contributed by atoms with Crippen molar-refractivity contribution in [3.05, 3.63) is 23.8 Å². The van der Waals surface area contributed by atoms with E-state index in [1.807, 2.05) is 0 Å². The molecule has 162 valence electrons. The van der Waals surface area contributed by atoms with Crippen LogP contribution in [0.1, 0.15) is 30.1 Å². The van der Waals surface area contributed by atoms with E-state index >= 15 is 0 Å². The van der Waals surface area contributed by atoms with E-state index in [0.29, 0.717) is 49.8 Å². The highest BCUT2D eigenvalue weighted by Gasteiger charge is 2.23. The number of amides is 1. The van der Waals surface area contributed by atoms with Gasteiger partial charge in [0.2, 0.25) is 15.9 Å². The lowest BCUT2D eigenvalue weighted by Gasteiger charge is -2.26. The lowest BCUT2D eigenvalue weighted by Crippen LogP contribution is -2.43. The van der Waals surface area contributed by atoms with Crippen molar-refractivity contribution in [3.63, 3.8) is 0 Å². The van der Waals surface area contributed by atoms with Crippen LogP contribution in [0.5, 0.6) is 11.5 Å². The van der Waals surface area contributed by atoms with Gasteiger partial charge in [0, 0.05) is 31.6 Å². The van der Waals surface area contributed by atoms with Crippen LogP contribution in [0.4, 0.5) is 0 Å². The normalized spacial score (nSPS) is 15.0. The maximum atomic E-state index is 12.2. The fourth-order valence-corrected chi connectivity index (χ4v) is 4.11. The first-order valence-electron chi connectivity index (χ1n) is 9.47. The Morgan fingerprint density at radius 2 is 1.93 bits per heavy atom. The summed E-state index contributed by atoms with van der Waals surface area (Å²) in [6.07, 6.45) is 0.672. The Bertz CT molecular complexity index is 805. The van der Waals surface area contributed by atoms with Crippen LogP contribution in [0, 0.1) is 0 Å². The molecule has 0 radical (unpaired) electrons. The largest absolute Gasteiger partial charge is 0.493 e. The van der Waals surface area contributed by atoms with E-state index in [2.05, 4.69) is 5.32 Å². The molecule has 1 N–H and O–H groups in total. The Kier molecular flexibility index (Phi) is 8.87. The minimum atomic E-state index is -3.38. The number of Topliss-reactive ketones (excluding diaryl/α,β-unsaturated/α-hetero) is 1. The van der Waals surface area contributed by atoms with Crippen molar-refractivity contribution in [2.45, 2.75) is 19.8 Å². The standard InChI is InChI=1S/C19H28N2O7S/c1-15(22)16-5-6-17(18(14-16)26-2)28-10-3-4-19(23)20-7-13-29(24,25)21-8-11-27-12-9-21/h5-6,14H,3-4,7-13H2,1-2H3,(H,20,23). The van der Waals surface area contributed by atoms with Gasteiger partial charge in [0.1, 0.15) is 0 Å². The Hall–Kier alpha value is -2.17. The van der Waals surface area contributed by atoms with Gasteiger partial charge in [-0.15, -0.1) is 0 Å². The molecular weight excluding hydrogens is 400 g/mol. The summed E-state index contributed by atoms with van der Waals surface area (Å²) in [4.78, 5) is 23.3. The predicted molar refractivity (Wildman–Crippen MR) is 107 cm³/mol. The molecule has 1 saturated heterocycles. The molecule has 29 heavy (non-hydrogen) atoms. The SMILES string of the molecule is COc1cc(C(C)=O)ccc1OCCCC(=O)NCCS(=O)(=O)N1CCOCC1. The number of hydrogen-bond acceptors (Lipinski definition) is 7. The minimum absolute atomic E-state index is 0.0674.